The summed E-state index contributed by atoms with van der Waals surface area (Å²) in [7, 11) is 0. The van der Waals surface area contributed by atoms with Crippen molar-refractivity contribution in [2.24, 2.45) is 0 Å². The number of nitrogens with two attached hydrogens (primary N) is 1. The topological polar surface area (TPSA) is 51.8 Å². The largest absolute Gasteiger partial charge is 0.374 e. The maximum Gasteiger partial charge on any atom is 0.203 e. The van der Waals surface area contributed by atoms with Crippen LogP contribution in [-0.4, -0.2) is 10.2 Å². The van der Waals surface area contributed by atoms with Gasteiger partial charge in [0, 0.05) is 5.41 Å². The van der Waals surface area contributed by atoms with Crippen LogP contribution in [0.1, 0.15) is 29.0 Å². The number of nitrogen functional groups attached to an aromatic ring is 1. The van der Waals surface area contributed by atoms with Gasteiger partial charge in [-0.25, -0.2) is 0 Å². The lowest BCUT2D eigenvalue weighted by Gasteiger charge is -2.12. The van der Waals surface area contributed by atoms with Crippen LogP contribution in [0.3, 0.4) is 0 Å². The molecule has 0 saturated heterocycles. The first-order valence-corrected chi connectivity index (χ1v) is 6.19. The molecule has 3 rings (SSSR count). The van der Waals surface area contributed by atoms with E-state index in [4.69, 9.17) is 5.73 Å². The average molecular weight is 231 g/mol. The van der Waals surface area contributed by atoms with Gasteiger partial charge in [0.05, 0.1) is 0 Å². The zero-order valence-electron chi connectivity index (χ0n) is 9.10. The van der Waals surface area contributed by atoms with Gasteiger partial charge in [0.1, 0.15) is 5.01 Å². The summed E-state index contributed by atoms with van der Waals surface area (Å²) in [6.45, 7) is 2.12. The van der Waals surface area contributed by atoms with Gasteiger partial charge in [0.15, 0.2) is 0 Å². The highest BCUT2D eigenvalue weighted by Crippen LogP contribution is 2.54. The zero-order chi connectivity index (χ0) is 11.2. The van der Waals surface area contributed by atoms with Crippen molar-refractivity contribution in [2.45, 2.75) is 25.2 Å². The fourth-order valence-corrected chi connectivity index (χ4v) is 3.00. The molecule has 0 atom stereocenters. The van der Waals surface area contributed by atoms with Gasteiger partial charge in [-0.1, -0.05) is 41.2 Å². The van der Waals surface area contributed by atoms with Crippen LogP contribution in [-0.2, 0) is 5.41 Å². The van der Waals surface area contributed by atoms with Gasteiger partial charge in [-0.15, -0.1) is 10.2 Å². The Balaban J connectivity index is 2.06. The molecule has 0 bridgehead atoms. The Bertz CT molecular complexity index is 529. The molecule has 1 aromatic heterocycles. The Hall–Kier alpha value is -1.42. The Labute approximate surface area is 98.3 Å². The number of aryl methyl sites for hydroxylation is 1. The lowest BCUT2D eigenvalue weighted by molar-refractivity contribution is 0.806. The van der Waals surface area contributed by atoms with Crippen molar-refractivity contribution in [3.05, 3.63) is 40.4 Å². The summed E-state index contributed by atoms with van der Waals surface area (Å²) in [6, 6.07) is 8.64. The smallest absolute Gasteiger partial charge is 0.203 e. The van der Waals surface area contributed by atoms with Crippen LogP contribution in [0.4, 0.5) is 5.13 Å². The lowest BCUT2D eigenvalue weighted by Crippen LogP contribution is -2.08. The molecule has 2 aromatic rings. The molecule has 1 aromatic carbocycles. The summed E-state index contributed by atoms with van der Waals surface area (Å²) >= 11 is 1.51. The first kappa shape index (κ1) is 9.78. The SMILES string of the molecule is Cc1cccc(C2(c3nnc(N)s3)CC2)c1. The average Bonchev–Trinajstić information content (AvgIpc) is 2.97. The van der Waals surface area contributed by atoms with Crippen molar-refractivity contribution in [3.63, 3.8) is 0 Å². The molecule has 0 aliphatic heterocycles. The lowest BCUT2D eigenvalue weighted by atomic mass is 9.95. The molecule has 82 valence electrons. The number of hydrogen-bond donors (Lipinski definition) is 1. The normalized spacial score (nSPS) is 17.3. The monoisotopic (exact) mass is 231 g/mol. The third kappa shape index (κ3) is 1.41. The van der Waals surface area contributed by atoms with E-state index in [1.165, 1.54) is 22.5 Å². The maximum absolute atomic E-state index is 5.66. The number of aromatic nitrogens is 2. The third-order valence-corrected chi connectivity index (χ3v) is 4.13. The summed E-state index contributed by atoms with van der Waals surface area (Å²) in [5.74, 6) is 0. The highest BCUT2D eigenvalue weighted by Gasteiger charge is 2.48. The molecule has 1 aliphatic rings. The standard InChI is InChI=1S/C12H13N3S/c1-8-3-2-4-9(7-8)12(5-6-12)10-14-15-11(13)16-10/h2-4,7H,5-6H2,1H3,(H2,13,15). The fraction of sp³-hybridized carbons (Fsp3) is 0.333. The van der Waals surface area contributed by atoms with Gasteiger partial charge in [0.25, 0.3) is 0 Å². The van der Waals surface area contributed by atoms with Crippen molar-refractivity contribution in [1.29, 1.82) is 0 Å². The molecule has 1 saturated carbocycles. The Kier molecular flexibility index (Phi) is 2.01. The van der Waals surface area contributed by atoms with E-state index in [9.17, 15) is 0 Å². The van der Waals surface area contributed by atoms with Crippen LogP contribution in [0, 0.1) is 6.92 Å². The van der Waals surface area contributed by atoms with Gasteiger partial charge in [0.2, 0.25) is 5.13 Å². The van der Waals surface area contributed by atoms with Crippen LogP contribution >= 0.6 is 11.3 Å². The highest BCUT2D eigenvalue weighted by molar-refractivity contribution is 7.15. The summed E-state index contributed by atoms with van der Waals surface area (Å²) < 4.78 is 0. The summed E-state index contributed by atoms with van der Waals surface area (Å²) in [6.07, 6.45) is 2.32. The van der Waals surface area contributed by atoms with Crippen molar-refractivity contribution in [1.82, 2.24) is 10.2 Å². The first-order valence-electron chi connectivity index (χ1n) is 5.37. The zero-order valence-corrected chi connectivity index (χ0v) is 9.92. The molecule has 1 fully saturated rings. The summed E-state index contributed by atoms with van der Waals surface area (Å²) in [4.78, 5) is 0. The maximum atomic E-state index is 5.66. The highest BCUT2D eigenvalue weighted by atomic mass is 32.1. The minimum absolute atomic E-state index is 0.112. The molecule has 0 amide bonds. The van der Waals surface area contributed by atoms with Crippen LogP contribution in [0.5, 0.6) is 0 Å². The van der Waals surface area contributed by atoms with Gasteiger partial charge in [-0.2, -0.15) is 0 Å². The Morgan fingerprint density at radius 3 is 2.69 bits per heavy atom. The molecule has 3 nitrogen and oxygen atoms in total. The molecule has 0 spiro atoms. The first-order chi connectivity index (χ1) is 7.71. The Morgan fingerprint density at radius 1 is 1.31 bits per heavy atom. The molecule has 0 unspecified atom stereocenters. The third-order valence-electron chi connectivity index (χ3n) is 3.17. The van der Waals surface area contributed by atoms with E-state index in [1.54, 1.807) is 0 Å². The van der Waals surface area contributed by atoms with Crippen LogP contribution in [0.2, 0.25) is 0 Å². The number of hydrogen-bond acceptors (Lipinski definition) is 4. The van der Waals surface area contributed by atoms with Crippen molar-refractivity contribution >= 4 is 16.5 Å². The fourth-order valence-electron chi connectivity index (χ4n) is 2.12. The number of anilines is 1. The second-order valence-corrected chi connectivity index (χ2v) is 5.41. The molecular weight excluding hydrogens is 218 g/mol. The van der Waals surface area contributed by atoms with E-state index < -0.39 is 0 Å². The Morgan fingerprint density at radius 2 is 2.12 bits per heavy atom. The van der Waals surface area contributed by atoms with Crippen LogP contribution in [0.15, 0.2) is 24.3 Å². The quantitative estimate of drug-likeness (QED) is 0.864. The van der Waals surface area contributed by atoms with E-state index in [0.29, 0.717) is 5.13 Å². The van der Waals surface area contributed by atoms with Crippen LogP contribution < -0.4 is 5.73 Å². The van der Waals surface area contributed by atoms with Crippen LogP contribution in [0.25, 0.3) is 0 Å². The van der Waals surface area contributed by atoms with Gasteiger partial charge in [-0.05, 0) is 25.3 Å². The summed E-state index contributed by atoms with van der Waals surface area (Å²) in [5, 5.41) is 9.75. The summed E-state index contributed by atoms with van der Waals surface area (Å²) in [5.41, 5.74) is 8.41. The predicted octanol–water partition coefficient (Wildman–Crippen LogP) is 2.51. The number of rotatable bonds is 2. The van der Waals surface area contributed by atoms with E-state index >= 15 is 0 Å². The van der Waals surface area contributed by atoms with Gasteiger partial charge >= 0.3 is 0 Å². The molecule has 0 radical (unpaired) electrons. The second kappa shape index (κ2) is 3.28. The molecule has 2 N–H and O–H groups in total. The number of nitrogens with zero attached hydrogens (tertiary/aromatic N) is 2. The molecule has 4 heteroatoms. The van der Waals surface area contributed by atoms with Gasteiger partial charge < -0.3 is 5.73 Å². The van der Waals surface area contributed by atoms with Crippen molar-refractivity contribution in [2.75, 3.05) is 5.73 Å². The van der Waals surface area contributed by atoms with Gasteiger partial charge in [-0.3, -0.25) is 0 Å². The molecule has 16 heavy (non-hydrogen) atoms. The minimum atomic E-state index is 0.112. The molecular formula is C12H13N3S. The predicted molar refractivity (Wildman–Crippen MR) is 65.5 cm³/mol. The van der Waals surface area contributed by atoms with E-state index in [-0.39, 0.29) is 5.41 Å². The number of benzene rings is 1. The molecule has 1 aliphatic carbocycles. The minimum Gasteiger partial charge on any atom is -0.374 e. The van der Waals surface area contributed by atoms with E-state index in [0.717, 1.165) is 17.8 Å². The van der Waals surface area contributed by atoms with E-state index in [2.05, 4.69) is 41.4 Å². The second-order valence-electron chi connectivity index (χ2n) is 4.40. The molecule has 1 heterocycles. The van der Waals surface area contributed by atoms with E-state index in [1.807, 2.05) is 0 Å². The van der Waals surface area contributed by atoms with Crippen molar-refractivity contribution < 1.29 is 0 Å². The van der Waals surface area contributed by atoms with Crippen molar-refractivity contribution in [3.8, 4) is 0 Å².